The zero-order valence-electron chi connectivity index (χ0n) is 13.6. The summed E-state index contributed by atoms with van der Waals surface area (Å²) < 4.78 is 25.0. The second-order valence-electron chi connectivity index (χ2n) is 5.58. The minimum absolute atomic E-state index is 0.0341. The fourth-order valence-electron chi connectivity index (χ4n) is 2.45. The Morgan fingerprint density at radius 2 is 2.23 bits per heavy atom. The summed E-state index contributed by atoms with van der Waals surface area (Å²) in [6.45, 7) is 1.68. The number of aryl methyl sites for hydroxylation is 1. The molecule has 0 radical (unpaired) electrons. The van der Waals surface area contributed by atoms with Gasteiger partial charge in [-0.1, -0.05) is 11.6 Å². The topological polar surface area (TPSA) is 94.6 Å². The minimum Gasteiger partial charge on any atom is -0.483 e. The zero-order chi connectivity index (χ0) is 18.8. The van der Waals surface area contributed by atoms with Gasteiger partial charge in [0.1, 0.15) is 17.7 Å². The summed E-state index contributed by atoms with van der Waals surface area (Å²) in [6.07, 6.45) is 0.339. The molecule has 0 spiro atoms. The van der Waals surface area contributed by atoms with Crippen LogP contribution in [-0.2, 0) is 11.3 Å². The molecule has 0 bridgehead atoms. The molecule has 2 heterocycles. The van der Waals surface area contributed by atoms with Gasteiger partial charge in [-0.3, -0.25) is 14.3 Å². The van der Waals surface area contributed by atoms with Crippen LogP contribution in [0.4, 0.5) is 4.39 Å². The molecule has 26 heavy (non-hydrogen) atoms. The highest BCUT2D eigenvalue weighted by Crippen LogP contribution is 2.32. The second kappa shape index (κ2) is 7.17. The third kappa shape index (κ3) is 3.70. The van der Waals surface area contributed by atoms with Gasteiger partial charge in [0.05, 0.1) is 28.9 Å². The molecule has 2 aromatic heterocycles. The predicted molar refractivity (Wildman–Crippen MR) is 91.0 cm³/mol. The van der Waals surface area contributed by atoms with Gasteiger partial charge in [0.25, 0.3) is 0 Å². The Morgan fingerprint density at radius 3 is 2.88 bits per heavy atom. The molecular weight excluding hydrogens is 367 g/mol. The summed E-state index contributed by atoms with van der Waals surface area (Å²) in [5, 5.41) is 9.00. The van der Waals surface area contributed by atoms with Crippen molar-refractivity contribution in [3.05, 3.63) is 57.5 Å². The van der Waals surface area contributed by atoms with Crippen molar-refractivity contribution in [2.45, 2.75) is 26.0 Å². The highest BCUT2D eigenvalue weighted by Gasteiger charge is 2.17. The number of carbonyl (C=O) groups is 1. The van der Waals surface area contributed by atoms with Gasteiger partial charge < -0.3 is 14.3 Å². The number of aliphatic carboxylic acids is 1. The number of aromatic nitrogens is 2. The minimum atomic E-state index is -1.03. The van der Waals surface area contributed by atoms with Gasteiger partial charge in [-0.05, 0) is 25.1 Å². The molecule has 7 nitrogen and oxygen atoms in total. The van der Waals surface area contributed by atoms with E-state index in [2.05, 4.69) is 4.98 Å². The van der Waals surface area contributed by atoms with E-state index in [1.54, 1.807) is 6.92 Å². The maximum Gasteiger partial charge on any atom is 0.419 e. The van der Waals surface area contributed by atoms with Crippen molar-refractivity contribution in [3.8, 4) is 5.75 Å². The lowest BCUT2D eigenvalue weighted by molar-refractivity contribution is -0.137. The van der Waals surface area contributed by atoms with E-state index in [4.69, 9.17) is 25.9 Å². The largest absolute Gasteiger partial charge is 0.483 e. The summed E-state index contributed by atoms with van der Waals surface area (Å²) in [4.78, 5) is 26.6. The van der Waals surface area contributed by atoms with E-state index in [0.29, 0.717) is 11.2 Å². The molecule has 0 aliphatic heterocycles. The Bertz CT molecular complexity index is 1010. The van der Waals surface area contributed by atoms with E-state index in [9.17, 15) is 14.0 Å². The monoisotopic (exact) mass is 380 g/mol. The van der Waals surface area contributed by atoms with Gasteiger partial charge in [-0.15, -0.1) is 0 Å². The van der Waals surface area contributed by atoms with Crippen LogP contribution in [0.25, 0.3) is 11.1 Å². The Labute approximate surface area is 151 Å². The van der Waals surface area contributed by atoms with Crippen molar-refractivity contribution in [1.29, 1.82) is 0 Å². The number of nitrogens with zero attached hydrogens (tertiary/aromatic N) is 2. The molecule has 1 unspecified atom stereocenters. The number of pyridine rings is 1. The van der Waals surface area contributed by atoms with Crippen molar-refractivity contribution >= 4 is 28.7 Å². The fourth-order valence-corrected chi connectivity index (χ4v) is 2.65. The number of hydrogen-bond acceptors (Lipinski definition) is 5. The van der Waals surface area contributed by atoms with E-state index < -0.39 is 23.6 Å². The molecule has 3 rings (SSSR count). The van der Waals surface area contributed by atoms with Gasteiger partial charge >= 0.3 is 11.7 Å². The van der Waals surface area contributed by atoms with Crippen LogP contribution in [0.5, 0.6) is 5.75 Å². The van der Waals surface area contributed by atoms with E-state index in [0.717, 1.165) is 6.20 Å². The number of oxazole rings is 1. The van der Waals surface area contributed by atoms with E-state index in [1.165, 1.54) is 28.8 Å². The molecule has 1 atom stereocenters. The Balaban J connectivity index is 1.90. The van der Waals surface area contributed by atoms with Crippen LogP contribution in [0.1, 0.15) is 25.1 Å². The molecule has 0 amide bonds. The average molecular weight is 381 g/mol. The molecule has 3 aromatic rings. The standard InChI is InChI=1S/C17H14ClFN2O5/c1-9(12-3-2-10(19)8-20-12)25-14-7-15-13(6-11(14)18)21(17(24)26-15)5-4-16(22)23/h2-3,6-9H,4-5H2,1H3,(H,22,23). The lowest BCUT2D eigenvalue weighted by atomic mass is 10.2. The number of benzene rings is 1. The summed E-state index contributed by atoms with van der Waals surface area (Å²) >= 11 is 6.23. The van der Waals surface area contributed by atoms with Gasteiger partial charge in [-0.25, -0.2) is 9.18 Å². The maximum absolute atomic E-state index is 13.0. The molecule has 0 aliphatic rings. The van der Waals surface area contributed by atoms with Crippen LogP contribution in [0.3, 0.4) is 0 Å². The summed E-state index contributed by atoms with van der Waals surface area (Å²) in [6, 6.07) is 5.70. The maximum atomic E-state index is 13.0. The average Bonchev–Trinajstić information content (AvgIpc) is 2.88. The van der Waals surface area contributed by atoms with Gasteiger partial charge in [-0.2, -0.15) is 0 Å². The molecule has 0 fully saturated rings. The lowest BCUT2D eigenvalue weighted by Crippen LogP contribution is -2.16. The first-order chi connectivity index (χ1) is 12.3. The molecular formula is C17H14ClFN2O5. The first kappa shape index (κ1) is 17.9. The molecule has 0 aliphatic carbocycles. The van der Waals surface area contributed by atoms with Crippen LogP contribution in [0, 0.1) is 5.82 Å². The van der Waals surface area contributed by atoms with Crippen LogP contribution < -0.4 is 10.5 Å². The van der Waals surface area contributed by atoms with Crippen LogP contribution >= 0.6 is 11.6 Å². The number of ether oxygens (including phenoxy) is 1. The van der Waals surface area contributed by atoms with Crippen molar-refractivity contribution in [2.24, 2.45) is 0 Å². The Kier molecular flexibility index (Phi) is 4.94. The first-order valence-corrected chi connectivity index (χ1v) is 8.05. The summed E-state index contributed by atoms with van der Waals surface area (Å²) in [5.74, 6) is -1.90. The molecule has 0 saturated carbocycles. The summed E-state index contributed by atoms with van der Waals surface area (Å²) in [5.41, 5.74) is 1.10. The van der Waals surface area contributed by atoms with E-state index in [1.807, 2.05) is 0 Å². The molecule has 136 valence electrons. The third-order valence-corrected chi connectivity index (χ3v) is 4.04. The van der Waals surface area contributed by atoms with Gasteiger partial charge in [0.15, 0.2) is 5.58 Å². The van der Waals surface area contributed by atoms with Crippen molar-refractivity contribution in [2.75, 3.05) is 0 Å². The normalized spacial score (nSPS) is 12.3. The van der Waals surface area contributed by atoms with Gasteiger partial charge in [0.2, 0.25) is 0 Å². The fraction of sp³-hybridized carbons (Fsp3) is 0.235. The van der Waals surface area contributed by atoms with E-state index in [-0.39, 0.29) is 29.3 Å². The second-order valence-corrected chi connectivity index (χ2v) is 5.98. The number of halogens is 2. The highest BCUT2D eigenvalue weighted by atomic mass is 35.5. The van der Waals surface area contributed by atoms with Gasteiger partial charge in [0, 0.05) is 12.6 Å². The molecule has 9 heteroatoms. The SMILES string of the molecule is CC(Oc1cc2oc(=O)n(CCC(=O)O)c2cc1Cl)c1ccc(F)cn1. The Morgan fingerprint density at radius 1 is 1.46 bits per heavy atom. The number of hydrogen-bond donors (Lipinski definition) is 1. The Hall–Kier alpha value is -2.87. The van der Waals surface area contributed by atoms with E-state index >= 15 is 0 Å². The van der Waals surface area contributed by atoms with Crippen molar-refractivity contribution in [1.82, 2.24) is 9.55 Å². The number of carboxylic acids is 1. The van der Waals surface area contributed by atoms with Crippen molar-refractivity contribution in [3.63, 3.8) is 0 Å². The first-order valence-electron chi connectivity index (χ1n) is 7.68. The molecule has 1 aromatic carbocycles. The summed E-state index contributed by atoms with van der Waals surface area (Å²) in [7, 11) is 0. The smallest absolute Gasteiger partial charge is 0.419 e. The van der Waals surface area contributed by atoms with Crippen LogP contribution in [0.15, 0.2) is 39.7 Å². The number of fused-ring (bicyclic) bond motifs is 1. The van der Waals surface area contributed by atoms with Crippen molar-refractivity contribution < 1.29 is 23.4 Å². The predicted octanol–water partition coefficient (Wildman–Crippen LogP) is 3.40. The van der Waals surface area contributed by atoms with Crippen LogP contribution in [-0.4, -0.2) is 20.6 Å². The number of carboxylic acid groups (broad SMARTS) is 1. The van der Waals surface area contributed by atoms with Crippen LogP contribution in [0.2, 0.25) is 5.02 Å². The molecule has 0 saturated heterocycles. The highest BCUT2D eigenvalue weighted by molar-refractivity contribution is 6.32. The zero-order valence-corrected chi connectivity index (χ0v) is 14.4. The lowest BCUT2D eigenvalue weighted by Gasteiger charge is -2.15. The number of rotatable bonds is 6. The third-order valence-electron chi connectivity index (χ3n) is 3.74. The quantitative estimate of drug-likeness (QED) is 0.704. The molecule has 1 N–H and O–H groups in total.